The highest BCUT2D eigenvalue weighted by Gasteiger charge is 2.53. The lowest BCUT2D eigenvalue weighted by atomic mass is 9.82. The molecular formula is C26H35B2N5O4. The number of hydrogen-bond donors (Lipinski definition) is 1. The maximum atomic E-state index is 9.17. The molecule has 0 amide bonds. The highest BCUT2D eigenvalue weighted by atomic mass is 16.7. The van der Waals surface area contributed by atoms with Crippen LogP contribution in [0.1, 0.15) is 66.5 Å². The molecular weight excluding hydrogens is 468 g/mol. The van der Waals surface area contributed by atoms with E-state index in [4.69, 9.17) is 23.9 Å². The van der Waals surface area contributed by atoms with Crippen molar-refractivity contribution in [1.29, 1.82) is 5.26 Å². The van der Waals surface area contributed by atoms with E-state index in [9.17, 15) is 0 Å². The lowest BCUT2D eigenvalue weighted by molar-refractivity contribution is 0.00578. The summed E-state index contributed by atoms with van der Waals surface area (Å²) < 4.78 is 25.5. The third-order valence-electron chi connectivity index (χ3n) is 7.69. The molecule has 1 aromatic carbocycles. The van der Waals surface area contributed by atoms with Crippen molar-refractivity contribution in [1.82, 2.24) is 20.0 Å². The quantitative estimate of drug-likeness (QED) is 0.546. The van der Waals surface area contributed by atoms with Crippen LogP contribution in [0.3, 0.4) is 0 Å². The normalized spacial score (nSPS) is 20.8. The Balaban J connectivity index is 0.000000195. The number of aromatic nitrogens is 4. The van der Waals surface area contributed by atoms with Gasteiger partial charge in [0, 0.05) is 35.7 Å². The van der Waals surface area contributed by atoms with Crippen LogP contribution in [-0.4, -0.2) is 56.6 Å². The first-order valence-electron chi connectivity index (χ1n) is 12.4. The van der Waals surface area contributed by atoms with E-state index < -0.39 is 7.12 Å². The largest absolute Gasteiger partial charge is 0.498 e. The van der Waals surface area contributed by atoms with E-state index in [2.05, 4.69) is 21.4 Å². The zero-order valence-electron chi connectivity index (χ0n) is 22.9. The monoisotopic (exact) mass is 503 g/mol. The van der Waals surface area contributed by atoms with E-state index in [1.165, 1.54) is 0 Å². The van der Waals surface area contributed by atoms with Crippen LogP contribution < -0.4 is 10.9 Å². The summed E-state index contributed by atoms with van der Waals surface area (Å²) in [7, 11) is -0.723. The van der Waals surface area contributed by atoms with Gasteiger partial charge in [0.2, 0.25) is 0 Å². The second-order valence-electron chi connectivity index (χ2n) is 11.4. The Bertz CT molecular complexity index is 1230. The van der Waals surface area contributed by atoms with Crippen molar-refractivity contribution >= 4 is 25.2 Å². The van der Waals surface area contributed by atoms with Crippen LogP contribution in [0.4, 0.5) is 0 Å². The lowest BCUT2D eigenvalue weighted by Gasteiger charge is -2.32. The third kappa shape index (κ3) is 5.53. The molecule has 1 N–H and O–H groups in total. The Morgan fingerprint density at radius 1 is 0.838 bits per heavy atom. The van der Waals surface area contributed by atoms with Crippen LogP contribution in [0.2, 0.25) is 0 Å². The van der Waals surface area contributed by atoms with Gasteiger partial charge in [-0.1, -0.05) is 18.2 Å². The van der Waals surface area contributed by atoms with E-state index in [-0.39, 0.29) is 29.5 Å². The second kappa shape index (κ2) is 9.76. The molecule has 0 aliphatic carbocycles. The first-order chi connectivity index (χ1) is 17.2. The maximum Gasteiger partial charge on any atom is 0.498 e. The van der Waals surface area contributed by atoms with Crippen molar-refractivity contribution in [2.24, 2.45) is 0 Å². The van der Waals surface area contributed by atoms with Crippen LogP contribution in [0, 0.1) is 11.3 Å². The predicted molar refractivity (Wildman–Crippen MR) is 143 cm³/mol. The Morgan fingerprint density at radius 2 is 1.38 bits per heavy atom. The third-order valence-corrected chi connectivity index (χ3v) is 7.69. The number of nitriles is 1. The molecule has 4 heterocycles. The number of benzene rings is 1. The first-order valence-corrected chi connectivity index (χ1v) is 12.4. The topological polar surface area (TPSA) is 107 Å². The molecule has 0 saturated carbocycles. The smallest absolute Gasteiger partial charge is 0.399 e. The highest BCUT2D eigenvalue weighted by molar-refractivity contribution is 6.62. The molecule has 3 aromatic rings. The highest BCUT2D eigenvalue weighted by Crippen LogP contribution is 2.37. The molecule has 2 saturated heterocycles. The van der Waals surface area contributed by atoms with Crippen molar-refractivity contribution in [3.05, 3.63) is 60.2 Å². The fourth-order valence-corrected chi connectivity index (χ4v) is 3.88. The van der Waals surface area contributed by atoms with E-state index in [1.807, 2.05) is 85.9 Å². The van der Waals surface area contributed by atoms with Crippen LogP contribution in [0.25, 0.3) is 0 Å². The SMILES string of the molecule is CC1(C)OB(c2cn[nH]c2)OC1(C)C.CC1(C)OB(c2cnn(Cc3ccccc3C#N)c2)OC1(C)C. The molecule has 2 aliphatic heterocycles. The average molecular weight is 503 g/mol. The van der Waals surface area contributed by atoms with Gasteiger partial charge in [0.15, 0.2) is 0 Å². The predicted octanol–water partition coefficient (Wildman–Crippen LogP) is 2.81. The van der Waals surface area contributed by atoms with Gasteiger partial charge in [-0.3, -0.25) is 9.78 Å². The van der Waals surface area contributed by atoms with Gasteiger partial charge in [-0.25, -0.2) is 0 Å². The maximum absolute atomic E-state index is 9.17. The van der Waals surface area contributed by atoms with Gasteiger partial charge in [-0.05, 0) is 67.0 Å². The van der Waals surface area contributed by atoms with E-state index in [0.29, 0.717) is 12.1 Å². The summed E-state index contributed by atoms with van der Waals surface area (Å²) in [4.78, 5) is 0. The molecule has 11 heteroatoms. The Labute approximate surface area is 219 Å². The molecule has 0 spiro atoms. The number of nitrogens with zero attached hydrogens (tertiary/aromatic N) is 4. The number of aromatic amines is 1. The number of hydrogen-bond acceptors (Lipinski definition) is 7. The summed E-state index contributed by atoms with van der Waals surface area (Å²) >= 11 is 0. The molecule has 0 atom stereocenters. The van der Waals surface area contributed by atoms with Crippen LogP contribution >= 0.6 is 0 Å². The number of rotatable bonds is 4. The summed E-state index contributed by atoms with van der Waals surface area (Å²) in [6.07, 6.45) is 7.19. The Morgan fingerprint density at radius 3 is 1.89 bits per heavy atom. The minimum absolute atomic E-state index is 0.283. The second-order valence-corrected chi connectivity index (χ2v) is 11.4. The van der Waals surface area contributed by atoms with Crippen molar-refractivity contribution in [2.75, 3.05) is 0 Å². The van der Waals surface area contributed by atoms with Crippen LogP contribution in [0.15, 0.2) is 49.1 Å². The van der Waals surface area contributed by atoms with Crippen molar-refractivity contribution in [3.8, 4) is 6.07 Å². The Hall–Kier alpha value is -2.90. The summed E-state index contributed by atoms with van der Waals surface area (Å²) in [6.45, 7) is 16.8. The minimum Gasteiger partial charge on any atom is -0.399 e. The summed E-state index contributed by atoms with van der Waals surface area (Å²) in [5.74, 6) is 0. The number of H-pyrrole nitrogens is 1. The van der Waals surface area contributed by atoms with Crippen molar-refractivity contribution in [2.45, 2.75) is 84.3 Å². The van der Waals surface area contributed by atoms with Gasteiger partial charge in [0.05, 0.1) is 40.6 Å². The fraction of sp³-hybridized carbons (Fsp3) is 0.500. The van der Waals surface area contributed by atoms with Gasteiger partial charge in [0.25, 0.3) is 0 Å². The van der Waals surface area contributed by atoms with Crippen LogP contribution in [-0.2, 0) is 25.2 Å². The molecule has 2 aliphatic rings. The lowest BCUT2D eigenvalue weighted by Crippen LogP contribution is -2.41. The van der Waals surface area contributed by atoms with Crippen molar-refractivity contribution < 1.29 is 18.6 Å². The van der Waals surface area contributed by atoms with Gasteiger partial charge in [-0.15, -0.1) is 0 Å². The molecule has 0 radical (unpaired) electrons. The molecule has 194 valence electrons. The van der Waals surface area contributed by atoms with Crippen LogP contribution in [0.5, 0.6) is 0 Å². The molecule has 5 rings (SSSR count). The first kappa shape index (κ1) is 27.1. The molecule has 37 heavy (non-hydrogen) atoms. The number of nitrogens with one attached hydrogen (secondary N) is 1. The summed E-state index contributed by atoms with van der Waals surface area (Å²) in [5, 5.41) is 20.2. The standard InChI is InChI=1S/C17H20BN3O2.C9H15BN2O2/c1-16(2)17(3,4)23-18(22-16)15-10-20-21(12-15)11-14-8-6-5-7-13(14)9-19;1-8(2)9(3,4)14-10(13-8)7-5-11-12-6-7/h5-8,10,12H,11H2,1-4H3;5-6H,1-4H3,(H,11,12). The van der Waals surface area contributed by atoms with Gasteiger partial charge in [0.1, 0.15) is 0 Å². The molecule has 2 fully saturated rings. The molecule has 0 unspecified atom stereocenters. The van der Waals surface area contributed by atoms with E-state index in [0.717, 1.165) is 16.5 Å². The average Bonchev–Trinajstić information content (AvgIpc) is 3.57. The fourth-order valence-electron chi connectivity index (χ4n) is 3.88. The van der Waals surface area contributed by atoms with E-state index in [1.54, 1.807) is 23.3 Å². The summed E-state index contributed by atoms with van der Waals surface area (Å²) in [5.41, 5.74) is 2.13. The van der Waals surface area contributed by atoms with E-state index >= 15 is 0 Å². The molecule has 0 bridgehead atoms. The Kier molecular flexibility index (Phi) is 7.16. The summed E-state index contributed by atoms with van der Waals surface area (Å²) in [6, 6.07) is 9.75. The minimum atomic E-state index is -0.417. The zero-order chi connectivity index (χ0) is 27.1. The zero-order valence-corrected chi connectivity index (χ0v) is 22.9. The van der Waals surface area contributed by atoms with Gasteiger partial charge < -0.3 is 18.6 Å². The molecule has 2 aromatic heterocycles. The van der Waals surface area contributed by atoms with Gasteiger partial charge in [-0.2, -0.15) is 15.5 Å². The van der Waals surface area contributed by atoms with Crippen molar-refractivity contribution in [3.63, 3.8) is 0 Å². The van der Waals surface area contributed by atoms with Gasteiger partial charge >= 0.3 is 14.2 Å². The molecule has 9 nitrogen and oxygen atoms in total.